The minimum absolute atomic E-state index is 0.0520. The second kappa shape index (κ2) is 8.03. The number of carbonyl (C=O) groups excluding carboxylic acids is 1. The molecule has 118 valence electrons. The van der Waals surface area contributed by atoms with Gasteiger partial charge < -0.3 is 15.5 Å². The molecular weight excluding hydrogens is 262 g/mol. The first-order chi connectivity index (χ1) is 9.79. The maximum atomic E-state index is 11.5. The Morgan fingerprint density at radius 2 is 1.76 bits per heavy atom. The van der Waals surface area contributed by atoms with Crippen molar-refractivity contribution >= 4 is 6.03 Å². The highest BCUT2D eigenvalue weighted by Gasteiger charge is 2.19. The summed E-state index contributed by atoms with van der Waals surface area (Å²) in [5, 5.41) is 6.43. The molecule has 4 heteroatoms. The lowest BCUT2D eigenvalue weighted by Crippen LogP contribution is -2.39. The topological polar surface area (TPSA) is 44.4 Å². The second-order valence-corrected chi connectivity index (χ2v) is 6.81. The van der Waals surface area contributed by atoms with E-state index in [4.69, 9.17) is 0 Å². The third kappa shape index (κ3) is 7.14. The number of nitrogens with one attached hydrogen (secondary N) is 2. The highest BCUT2D eigenvalue weighted by atomic mass is 16.2. The Morgan fingerprint density at radius 3 is 2.29 bits per heavy atom. The van der Waals surface area contributed by atoms with Gasteiger partial charge in [0, 0.05) is 33.2 Å². The van der Waals surface area contributed by atoms with Gasteiger partial charge in [0.15, 0.2) is 0 Å². The van der Waals surface area contributed by atoms with Crippen LogP contribution in [0.25, 0.3) is 0 Å². The lowest BCUT2D eigenvalue weighted by molar-refractivity contribution is 0.217. The average molecular weight is 291 g/mol. The molecule has 0 heterocycles. The van der Waals surface area contributed by atoms with E-state index in [1.165, 1.54) is 5.56 Å². The van der Waals surface area contributed by atoms with Crippen LogP contribution in [0.15, 0.2) is 30.3 Å². The van der Waals surface area contributed by atoms with Crippen molar-refractivity contribution in [3.63, 3.8) is 0 Å². The quantitative estimate of drug-likeness (QED) is 0.791. The molecule has 2 N–H and O–H groups in total. The number of rotatable bonds is 6. The van der Waals surface area contributed by atoms with Gasteiger partial charge in [-0.2, -0.15) is 0 Å². The number of carbonyl (C=O) groups is 1. The van der Waals surface area contributed by atoms with Crippen LogP contribution in [0.4, 0.5) is 4.79 Å². The molecule has 0 bridgehead atoms. The van der Waals surface area contributed by atoms with Crippen molar-refractivity contribution in [1.82, 2.24) is 15.5 Å². The maximum absolute atomic E-state index is 11.5. The molecule has 1 aromatic carbocycles. The van der Waals surface area contributed by atoms with Crippen LogP contribution >= 0.6 is 0 Å². The van der Waals surface area contributed by atoms with E-state index in [1.54, 1.807) is 19.0 Å². The summed E-state index contributed by atoms with van der Waals surface area (Å²) < 4.78 is 0. The summed E-state index contributed by atoms with van der Waals surface area (Å²) in [6.07, 6.45) is 1.05. The molecule has 0 saturated heterocycles. The first kappa shape index (κ1) is 17.5. The molecule has 1 aromatic rings. The van der Waals surface area contributed by atoms with Gasteiger partial charge in [-0.05, 0) is 17.4 Å². The number of amides is 2. The molecule has 0 spiro atoms. The molecule has 0 aromatic heterocycles. The maximum Gasteiger partial charge on any atom is 0.316 e. The highest BCUT2D eigenvalue weighted by Crippen LogP contribution is 2.29. The monoisotopic (exact) mass is 291 g/mol. The lowest BCUT2D eigenvalue weighted by atomic mass is 9.85. The average Bonchev–Trinajstić information content (AvgIpc) is 2.41. The Labute approximate surface area is 128 Å². The molecule has 1 unspecified atom stereocenters. The van der Waals surface area contributed by atoms with E-state index in [2.05, 4.69) is 55.7 Å². The van der Waals surface area contributed by atoms with E-state index >= 15 is 0 Å². The van der Waals surface area contributed by atoms with Crippen molar-refractivity contribution in [2.45, 2.75) is 33.2 Å². The van der Waals surface area contributed by atoms with Crippen LogP contribution < -0.4 is 10.6 Å². The van der Waals surface area contributed by atoms with Crippen molar-refractivity contribution in [1.29, 1.82) is 0 Å². The second-order valence-electron chi connectivity index (χ2n) is 6.81. The molecule has 0 fully saturated rings. The van der Waals surface area contributed by atoms with Crippen LogP contribution in [0.3, 0.4) is 0 Å². The normalized spacial score (nSPS) is 12.8. The molecule has 0 aliphatic carbocycles. The Hall–Kier alpha value is -1.55. The first-order valence-corrected chi connectivity index (χ1v) is 7.53. The number of hydrogen-bond acceptors (Lipinski definition) is 2. The molecule has 4 nitrogen and oxygen atoms in total. The van der Waals surface area contributed by atoms with Gasteiger partial charge in [-0.15, -0.1) is 0 Å². The zero-order chi connectivity index (χ0) is 15.9. The molecule has 2 amide bonds. The van der Waals surface area contributed by atoms with Crippen LogP contribution in [0, 0.1) is 5.41 Å². The molecule has 0 aliphatic rings. The minimum atomic E-state index is -0.0520. The summed E-state index contributed by atoms with van der Waals surface area (Å²) in [6, 6.07) is 10.7. The summed E-state index contributed by atoms with van der Waals surface area (Å²) >= 11 is 0. The molecule has 1 rings (SSSR count). The Morgan fingerprint density at radius 1 is 1.14 bits per heavy atom. The SMILES string of the molecule is CN(C)C(=O)NCCNC(CC(C)(C)C)c1ccccc1. The van der Waals surface area contributed by atoms with E-state index < -0.39 is 0 Å². The zero-order valence-corrected chi connectivity index (χ0v) is 13.9. The fourth-order valence-electron chi connectivity index (χ4n) is 2.18. The molecular formula is C17H29N3O. The van der Waals surface area contributed by atoms with Gasteiger partial charge in [0.2, 0.25) is 0 Å². The summed E-state index contributed by atoms with van der Waals surface area (Å²) in [5.74, 6) is 0. The number of urea groups is 1. The molecule has 0 radical (unpaired) electrons. The predicted octanol–water partition coefficient (Wildman–Crippen LogP) is 3.02. The number of nitrogens with zero attached hydrogens (tertiary/aromatic N) is 1. The van der Waals surface area contributed by atoms with Crippen molar-refractivity contribution in [2.24, 2.45) is 5.41 Å². The fraction of sp³-hybridized carbons (Fsp3) is 0.588. The van der Waals surface area contributed by atoms with Gasteiger partial charge in [0.1, 0.15) is 0 Å². The van der Waals surface area contributed by atoms with Crippen LogP contribution in [-0.4, -0.2) is 38.1 Å². The fourth-order valence-corrected chi connectivity index (χ4v) is 2.18. The smallest absolute Gasteiger partial charge is 0.316 e. The van der Waals surface area contributed by atoms with Crippen LogP contribution in [0.5, 0.6) is 0 Å². The van der Waals surface area contributed by atoms with Crippen molar-refractivity contribution in [2.75, 3.05) is 27.2 Å². The molecule has 0 saturated carbocycles. The number of hydrogen-bond donors (Lipinski definition) is 2. The molecule has 1 atom stereocenters. The van der Waals surface area contributed by atoms with E-state index in [9.17, 15) is 4.79 Å². The number of benzene rings is 1. The van der Waals surface area contributed by atoms with Crippen LogP contribution in [0.2, 0.25) is 0 Å². The zero-order valence-electron chi connectivity index (χ0n) is 13.9. The Balaban J connectivity index is 2.53. The molecule has 0 aliphatic heterocycles. The van der Waals surface area contributed by atoms with Gasteiger partial charge in [-0.25, -0.2) is 4.79 Å². The van der Waals surface area contributed by atoms with Crippen molar-refractivity contribution < 1.29 is 4.79 Å². The van der Waals surface area contributed by atoms with E-state index in [0.717, 1.165) is 13.0 Å². The lowest BCUT2D eigenvalue weighted by Gasteiger charge is -2.27. The van der Waals surface area contributed by atoms with Crippen LogP contribution in [-0.2, 0) is 0 Å². The van der Waals surface area contributed by atoms with E-state index in [1.807, 2.05) is 6.07 Å². The van der Waals surface area contributed by atoms with Crippen molar-refractivity contribution in [3.8, 4) is 0 Å². The van der Waals surface area contributed by atoms with E-state index in [0.29, 0.717) is 12.6 Å². The largest absolute Gasteiger partial charge is 0.337 e. The minimum Gasteiger partial charge on any atom is -0.337 e. The van der Waals surface area contributed by atoms with Gasteiger partial charge in [-0.3, -0.25) is 0 Å². The third-order valence-electron chi connectivity index (χ3n) is 3.22. The predicted molar refractivity (Wildman–Crippen MR) is 88.3 cm³/mol. The third-order valence-corrected chi connectivity index (χ3v) is 3.22. The summed E-state index contributed by atoms with van der Waals surface area (Å²) in [6.45, 7) is 8.13. The van der Waals surface area contributed by atoms with Crippen molar-refractivity contribution in [3.05, 3.63) is 35.9 Å². The molecule has 21 heavy (non-hydrogen) atoms. The Bertz CT molecular complexity index is 423. The van der Waals surface area contributed by atoms with E-state index in [-0.39, 0.29) is 11.4 Å². The van der Waals surface area contributed by atoms with Gasteiger partial charge in [0.05, 0.1) is 0 Å². The van der Waals surface area contributed by atoms with Crippen LogP contribution in [0.1, 0.15) is 38.8 Å². The summed E-state index contributed by atoms with van der Waals surface area (Å²) in [5.41, 5.74) is 1.55. The standard InChI is InChI=1S/C17H29N3O/c1-17(2,3)13-15(14-9-7-6-8-10-14)18-11-12-19-16(21)20(4)5/h6-10,15,18H,11-13H2,1-5H3,(H,19,21). The van der Waals surface area contributed by atoms with Gasteiger partial charge in [-0.1, -0.05) is 51.1 Å². The first-order valence-electron chi connectivity index (χ1n) is 7.53. The highest BCUT2D eigenvalue weighted by molar-refractivity contribution is 5.73. The Kier molecular flexibility index (Phi) is 6.69. The van der Waals surface area contributed by atoms with Gasteiger partial charge in [0.25, 0.3) is 0 Å². The summed E-state index contributed by atoms with van der Waals surface area (Å²) in [7, 11) is 3.49. The summed E-state index contributed by atoms with van der Waals surface area (Å²) in [4.78, 5) is 13.0. The van der Waals surface area contributed by atoms with Gasteiger partial charge >= 0.3 is 6.03 Å².